The molecule has 7 heteroatoms. The summed E-state index contributed by atoms with van der Waals surface area (Å²) in [5.74, 6) is 0.921. The van der Waals surface area contributed by atoms with Crippen LogP contribution in [0.15, 0.2) is 47.8 Å². The number of para-hydroxylation sites is 1. The van der Waals surface area contributed by atoms with Gasteiger partial charge in [-0.25, -0.2) is 4.98 Å². The van der Waals surface area contributed by atoms with Gasteiger partial charge in [0.1, 0.15) is 5.75 Å². The van der Waals surface area contributed by atoms with Gasteiger partial charge in [0.2, 0.25) is 6.79 Å². The van der Waals surface area contributed by atoms with Crippen LogP contribution in [0.3, 0.4) is 0 Å². The number of phenolic OH excluding ortho intramolecular Hbond substituents is 1. The molecule has 3 aromatic rings. The minimum atomic E-state index is -0.403. The maximum Gasteiger partial charge on any atom is 0.261 e. The maximum atomic E-state index is 12.2. The Morgan fingerprint density at radius 1 is 1.17 bits per heavy atom. The van der Waals surface area contributed by atoms with E-state index >= 15 is 0 Å². The Morgan fingerprint density at radius 3 is 2.88 bits per heavy atom. The van der Waals surface area contributed by atoms with Crippen LogP contribution in [0.1, 0.15) is 10.4 Å². The SMILES string of the molecule is O=C(Nc1nc(-c2ccc3c(c2)OCO3)cs1)c1ccccc1O. The van der Waals surface area contributed by atoms with Gasteiger partial charge in [-0.3, -0.25) is 10.1 Å². The van der Waals surface area contributed by atoms with Crippen LogP contribution >= 0.6 is 11.3 Å². The number of nitrogens with one attached hydrogen (secondary N) is 1. The summed E-state index contributed by atoms with van der Waals surface area (Å²) >= 11 is 1.31. The van der Waals surface area contributed by atoms with Crippen molar-refractivity contribution in [3.63, 3.8) is 0 Å². The standard InChI is InChI=1S/C17H12N2O4S/c20-13-4-2-1-3-11(13)16(21)19-17-18-12(8-24-17)10-5-6-14-15(7-10)23-9-22-14/h1-8,20H,9H2,(H,18,19,21). The second kappa shape index (κ2) is 5.86. The Labute approximate surface area is 141 Å². The lowest BCUT2D eigenvalue weighted by molar-refractivity contribution is 0.102. The molecule has 2 heterocycles. The number of carbonyl (C=O) groups is 1. The first-order valence-corrected chi connectivity index (χ1v) is 8.03. The predicted octanol–water partition coefficient (Wildman–Crippen LogP) is 3.50. The highest BCUT2D eigenvalue weighted by Crippen LogP contribution is 2.36. The number of benzene rings is 2. The van der Waals surface area contributed by atoms with Crippen LogP contribution in [0.25, 0.3) is 11.3 Å². The Bertz CT molecular complexity index is 922. The molecule has 0 saturated carbocycles. The number of thiazole rings is 1. The van der Waals surface area contributed by atoms with E-state index in [9.17, 15) is 9.90 Å². The molecule has 120 valence electrons. The predicted molar refractivity (Wildman–Crippen MR) is 89.7 cm³/mol. The second-order valence-electron chi connectivity index (χ2n) is 5.08. The lowest BCUT2D eigenvalue weighted by atomic mass is 10.1. The largest absolute Gasteiger partial charge is 0.507 e. The number of carbonyl (C=O) groups excluding carboxylic acids is 1. The van der Waals surface area contributed by atoms with Gasteiger partial charge >= 0.3 is 0 Å². The number of anilines is 1. The molecule has 1 aromatic heterocycles. The van der Waals surface area contributed by atoms with Crippen molar-refractivity contribution in [1.82, 2.24) is 4.98 Å². The summed E-state index contributed by atoms with van der Waals surface area (Å²) < 4.78 is 10.6. The Morgan fingerprint density at radius 2 is 2.00 bits per heavy atom. The smallest absolute Gasteiger partial charge is 0.261 e. The summed E-state index contributed by atoms with van der Waals surface area (Å²) in [5.41, 5.74) is 1.81. The number of hydrogen-bond acceptors (Lipinski definition) is 6. The number of phenols is 1. The summed E-state index contributed by atoms with van der Waals surface area (Å²) in [6.45, 7) is 0.220. The molecule has 0 unspecified atom stereocenters. The summed E-state index contributed by atoms with van der Waals surface area (Å²) in [6.07, 6.45) is 0. The number of aromatic nitrogens is 1. The van der Waals surface area contributed by atoms with Crippen LogP contribution in [0, 0.1) is 0 Å². The lowest BCUT2D eigenvalue weighted by Crippen LogP contribution is -2.11. The highest BCUT2D eigenvalue weighted by molar-refractivity contribution is 7.14. The Balaban J connectivity index is 1.55. The van der Waals surface area contributed by atoms with E-state index in [1.54, 1.807) is 18.2 Å². The van der Waals surface area contributed by atoms with Crippen molar-refractivity contribution in [3.8, 4) is 28.5 Å². The number of hydrogen-bond donors (Lipinski definition) is 2. The Hall–Kier alpha value is -3.06. The van der Waals surface area contributed by atoms with Crippen molar-refractivity contribution in [1.29, 1.82) is 0 Å². The third kappa shape index (κ3) is 2.65. The summed E-state index contributed by atoms with van der Waals surface area (Å²) in [7, 11) is 0. The van der Waals surface area contributed by atoms with E-state index in [1.165, 1.54) is 17.4 Å². The first kappa shape index (κ1) is 14.5. The van der Waals surface area contributed by atoms with Gasteiger partial charge in [-0.1, -0.05) is 12.1 Å². The van der Waals surface area contributed by atoms with Crippen molar-refractivity contribution in [3.05, 3.63) is 53.4 Å². The zero-order valence-corrected chi connectivity index (χ0v) is 13.2. The molecule has 4 rings (SSSR count). The molecule has 1 aliphatic rings. The number of aromatic hydroxyl groups is 1. The number of nitrogens with zero attached hydrogens (tertiary/aromatic N) is 1. The average Bonchev–Trinajstić information content (AvgIpc) is 3.23. The van der Waals surface area contributed by atoms with Gasteiger partial charge < -0.3 is 14.6 Å². The van der Waals surface area contributed by atoms with Crippen molar-refractivity contribution >= 4 is 22.4 Å². The van der Waals surface area contributed by atoms with Gasteiger partial charge in [-0.15, -0.1) is 11.3 Å². The van der Waals surface area contributed by atoms with Gasteiger partial charge in [0.25, 0.3) is 5.91 Å². The molecule has 0 radical (unpaired) electrons. The summed E-state index contributed by atoms with van der Waals surface area (Å²) in [5, 5.41) is 14.7. The monoisotopic (exact) mass is 340 g/mol. The van der Waals surface area contributed by atoms with Crippen LogP contribution in [-0.2, 0) is 0 Å². The third-order valence-electron chi connectivity index (χ3n) is 3.54. The van der Waals surface area contributed by atoms with Crippen LogP contribution < -0.4 is 14.8 Å². The fourth-order valence-electron chi connectivity index (χ4n) is 2.35. The average molecular weight is 340 g/mol. The van der Waals surface area contributed by atoms with E-state index in [4.69, 9.17) is 9.47 Å². The van der Waals surface area contributed by atoms with Gasteiger partial charge in [-0.2, -0.15) is 0 Å². The van der Waals surface area contributed by atoms with Crippen LogP contribution in [-0.4, -0.2) is 22.8 Å². The van der Waals surface area contributed by atoms with Crippen molar-refractivity contribution in [2.75, 3.05) is 12.1 Å². The quantitative estimate of drug-likeness (QED) is 0.763. The highest BCUT2D eigenvalue weighted by Gasteiger charge is 2.16. The molecular weight excluding hydrogens is 328 g/mol. The van der Waals surface area contributed by atoms with E-state index in [2.05, 4.69) is 10.3 Å². The molecule has 0 spiro atoms. The fraction of sp³-hybridized carbons (Fsp3) is 0.0588. The van der Waals surface area contributed by atoms with Gasteiger partial charge in [0.05, 0.1) is 11.3 Å². The minimum absolute atomic E-state index is 0.0671. The Kier molecular flexibility index (Phi) is 3.55. The highest BCUT2D eigenvalue weighted by atomic mass is 32.1. The molecule has 2 aromatic carbocycles. The fourth-order valence-corrected chi connectivity index (χ4v) is 3.06. The molecule has 0 saturated heterocycles. The van der Waals surface area contributed by atoms with Gasteiger partial charge in [-0.05, 0) is 30.3 Å². The zero-order chi connectivity index (χ0) is 16.5. The van der Waals surface area contributed by atoms with Gasteiger partial charge in [0, 0.05) is 10.9 Å². The molecule has 0 fully saturated rings. The molecule has 24 heavy (non-hydrogen) atoms. The van der Waals surface area contributed by atoms with E-state index < -0.39 is 5.91 Å². The van der Waals surface area contributed by atoms with Crippen LogP contribution in [0.5, 0.6) is 17.2 Å². The maximum absolute atomic E-state index is 12.2. The molecule has 0 atom stereocenters. The molecule has 1 aliphatic heterocycles. The summed E-state index contributed by atoms with van der Waals surface area (Å²) in [4.78, 5) is 16.6. The summed E-state index contributed by atoms with van der Waals surface area (Å²) in [6, 6.07) is 11.9. The molecule has 1 amide bonds. The molecule has 2 N–H and O–H groups in total. The number of rotatable bonds is 3. The molecule has 0 aliphatic carbocycles. The topological polar surface area (TPSA) is 80.7 Å². The first-order chi connectivity index (χ1) is 11.7. The number of amides is 1. The van der Waals surface area contributed by atoms with Crippen LogP contribution in [0.4, 0.5) is 5.13 Å². The third-order valence-corrected chi connectivity index (χ3v) is 4.30. The molecular formula is C17H12N2O4S. The van der Waals surface area contributed by atoms with E-state index in [1.807, 2.05) is 23.6 Å². The zero-order valence-electron chi connectivity index (χ0n) is 12.4. The molecule has 0 bridgehead atoms. The van der Waals surface area contributed by atoms with Crippen molar-refractivity contribution < 1.29 is 19.4 Å². The minimum Gasteiger partial charge on any atom is -0.507 e. The van der Waals surface area contributed by atoms with Crippen LogP contribution in [0.2, 0.25) is 0 Å². The number of ether oxygens (including phenoxy) is 2. The van der Waals surface area contributed by atoms with Gasteiger partial charge in [0.15, 0.2) is 16.6 Å². The number of fused-ring (bicyclic) bond motifs is 1. The van der Waals surface area contributed by atoms with Crippen molar-refractivity contribution in [2.24, 2.45) is 0 Å². The van der Waals surface area contributed by atoms with Crippen molar-refractivity contribution in [2.45, 2.75) is 0 Å². The van der Waals surface area contributed by atoms with E-state index in [-0.39, 0.29) is 18.1 Å². The van der Waals surface area contributed by atoms with E-state index in [0.717, 1.165) is 11.3 Å². The molecule has 6 nitrogen and oxygen atoms in total. The normalized spacial score (nSPS) is 12.2. The second-order valence-corrected chi connectivity index (χ2v) is 5.94. The van der Waals surface area contributed by atoms with E-state index in [0.29, 0.717) is 16.6 Å². The first-order valence-electron chi connectivity index (χ1n) is 7.15. The lowest BCUT2D eigenvalue weighted by Gasteiger charge is -2.03.